The van der Waals surface area contributed by atoms with E-state index in [1.807, 2.05) is 30.5 Å². The summed E-state index contributed by atoms with van der Waals surface area (Å²) in [5.41, 5.74) is 1.96. The van der Waals surface area contributed by atoms with Crippen molar-refractivity contribution in [1.82, 2.24) is 15.3 Å². The lowest BCUT2D eigenvalue weighted by Crippen LogP contribution is -2.15. The lowest BCUT2D eigenvalue weighted by atomic mass is 10.1. The normalized spacial score (nSPS) is 10.7. The van der Waals surface area contributed by atoms with Gasteiger partial charge < -0.3 is 10.3 Å². The van der Waals surface area contributed by atoms with Crippen LogP contribution in [0.1, 0.15) is 9.67 Å². The van der Waals surface area contributed by atoms with Gasteiger partial charge in [0.15, 0.2) is 0 Å². The highest BCUT2D eigenvalue weighted by molar-refractivity contribution is 7.17. The first-order valence-corrected chi connectivity index (χ1v) is 6.35. The summed E-state index contributed by atoms with van der Waals surface area (Å²) in [6, 6.07) is 7.78. The van der Waals surface area contributed by atoms with Gasteiger partial charge in [-0.1, -0.05) is 0 Å². The van der Waals surface area contributed by atoms with E-state index >= 15 is 0 Å². The third-order valence-electron chi connectivity index (χ3n) is 2.78. The first-order chi connectivity index (χ1) is 8.79. The Balaban J connectivity index is 2.12. The molecule has 90 valence electrons. The topological polar surface area (TPSA) is 57.8 Å². The fraction of sp³-hybridized carbons (Fsp3) is 0.0769. The van der Waals surface area contributed by atoms with Gasteiger partial charge >= 0.3 is 0 Å². The molecule has 0 saturated carbocycles. The van der Waals surface area contributed by atoms with E-state index in [9.17, 15) is 4.79 Å². The average molecular weight is 257 g/mol. The molecule has 2 N–H and O–H groups in total. The highest BCUT2D eigenvalue weighted by atomic mass is 32.1. The van der Waals surface area contributed by atoms with Gasteiger partial charge in [0.05, 0.1) is 4.88 Å². The Bertz CT molecular complexity index is 714. The Morgan fingerprint density at radius 1 is 1.33 bits per heavy atom. The number of fused-ring (bicyclic) bond motifs is 1. The molecule has 3 aromatic heterocycles. The molecule has 0 saturated heterocycles. The van der Waals surface area contributed by atoms with Crippen LogP contribution in [0.5, 0.6) is 0 Å². The number of pyridine rings is 1. The zero-order valence-electron chi connectivity index (χ0n) is 9.73. The van der Waals surface area contributed by atoms with E-state index < -0.39 is 0 Å². The number of thiophene rings is 1. The third kappa shape index (κ3) is 1.69. The van der Waals surface area contributed by atoms with Gasteiger partial charge in [-0.3, -0.25) is 4.79 Å². The molecule has 0 atom stereocenters. The number of aromatic nitrogens is 2. The van der Waals surface area contributed by atoms with Crippen molar-refractivity contribution in [2.45, 2.75) is 0 Å². The van der Waals surface area contributed by atoms with Crippen molar-refractivity contribution >= 4 is 28.3 Å². The van der Waals surface area contributed by atoms with Crippen molar-refractivity contribution in [3.63, 3.8) is 0 Å². The van der Waals surface area contributed by atoms with Crippen LogP contribution in [-0.4, -0.2) is 22.9 Å². The minimum atomic E-state index is -0.0504. The van der Waals surface area contributed by atoms with Gasteiger partial charge in [-0.05, 0) is 24.3 Å². The van der Waals surface area contributed by atoms with Crippen molar-refractivity contribution in [3.8, 4) is 10.4 Å². The van der Waals surface area contributed by atoms with E-state index in [0.29, 0.717) is 4.88 Å². The highest BCUT2D eigenvalue weighted by Crippen LogP contribution is 2.32. The van der Waals surface area contributed by atoms with Crippen LogP contribution in [0, 0.1) is 0 Å². The van der Waals surface area contributed by atoms with E-state index in [4.69, 9.17) is 0 Å². The smallest absolute Gasteiger partial charge is 0.261 e. The molecule has 0 bridgehead atoms. The zero-order chi connectivity index (χ0) is 12.5. The number of rotatable bonds is 2. The maximum absolute atomic E-state index is 11.6. The molecular weight excluding hydrogens is 246 g/mol. The number of carbonyl (C=O) groups excluding carboxylic acids is 1. The molecule has 0 spiro atoms. The van der Waals surface area contributed by atoms with Crippen molar-refractivity contribution in [3.05, 3.63) is 41.5 Å². The number of amides is 1. The molecule has 3 rings (SSSR count). The fourth-order valence-corrected chi connectivity index (χ4v) is 2.90. The van der Waals surface area contributed by atoms with E-state index in [0.717, 1.165) is 21.5 Å². The van der Waals surface area contributed by atoms with E-state index in [2.05, 4.69) is 15.3 Å². The van der Waals surface area contributed by atoms with Crippen molar-refractivity contribution < 1.29 is 4.79 Å². The Labute approximate surface area is 108 Å². The Kier molecular flexibility index (Phi) is 2.60. The molecular formula is C13H11N3OS. The van der Waals surface area contributed by atoms with E-state index in [-0.39, 0.29) is 5.91 Å². The minimum absolute atomic E-state index is 0.0504. The molecule has 4 nitrogen and oxygen atoms in total. The second-order valence-electron chi connectivity index (χ2n) is 3.84. The average Bonchev–Trinajstić information content (AvgIpc) is 3.05. The molecule has 0 aliphatic carbocycles. The molecule has 3 heterocycles. The van der Waals surface area contributed by atoms with Gasteiger partial charge in [0, 0.05) is 35.3 Å². The van der Waals surface area contributed by atoms with Crippen LogP contribution in [0.15, 0.2) is 36.7 Å². The molecule has 0 aliphatic rings. The zero-order valence-corrected chi connectivity index (χ0v) is 10.5. The predicted octanol–water partition coefficient (Wildman–Crippen LogP) is 2.65. The molecule has 3 aromatic rings. The Hall–Kier alpha value is -2.14. The van der Waals surface area contributed by atoms with E-state index in [1.165, 1.54) is 11.3 Å². The molecule has 0 unspecified atom stereocenters. The van der Waals surface area contributed by atoms with Crippen LogP contribution < -0.4 is 5.32 Å². The number of hydrogen-bond acceptors (Lipinski definition) is 3. The number of carbonyl (C=O) groups is 1. The van der Waals surface area contributed by atoms with Crippen molar-refractivity contribution in [2.75, 3.05) is 7.05 Å². The summed E-state index contributed by atoms with van der Waals surface area (Å²) in [4.78, 5) is 20.7. The van der Waals surface area contributed by atoms with Crippen LogP contribution in [0.3, 0.4) is 0 Å². The Morgan fingerprint density at radius 3 is 3.06 bits per heavy atom. The van der Waals surface area contributed by atoms with Crippen LogP contribution in [-0.2, 0) is 0 Å². The lowest BCUT2D eigenvalue weighted by Gasteiger charge is -1.99. The summed E-state index contributed by atoms with van der Waals surface area (Å²) < 4.78 is 0. The van der Waals surface area contributed by atoms with Crippen molar-refractivity contribution in [1.29, 1.82) is 0 Å². The minimum Gasteiger partial charge on any atom is -0.354 e. The molecule has 18 heavy (non-hydrogen) atoms. The van der Waals surface area contributed by atoms with Crippen LogP contribution in [0.2, 0.25) is 0 Å². The molecule has 0 aromatic carbocycles. The SMILES string of the molecule is CNC(=O)c1ccc(-c2ccnc3[nH]ccc23)s1. The van der Waals surface area contributed by atoms with Crippen LogP contribution in [0.25, 0.3) is 21.5 Å². The number of aromatic amines is 1. The third-order valence-corrected chi connectivity index (χ3v) is 3.90. The molecule has 0 fully saturated rings. The highest BCUT2D eigenvalue weighted by Gasteiger charge is 2.11. The second-order valence-corrected chi connectivity index (χ2v) is 4.93. The quantitative estimate of drug-likeness (QED) is 0.741. The van der Waals surface area contributed by atoms with Crippen molar-refractivity contribution in [2.24, 2.45) is 0 Å². The summed E-state index contributed by atoms with van der Waals surface area (Å²) in [7, 11) is 1.64. The van der Waals surface area contributed by atoms with Crippen LogP contribution >= 0.6 is 11.3 Å². The molecule has 1 amide bonds. The van der Waals surface area contributed by atoms with E-state index in [1.54, 1.807) is 13.2 Å². The summed E-state index contributed by atoms with van der Waals surface area (Å²) in [5.74, 6) is -0.0504. The molecule has 0 radical (unpaired) electrons. The summed E-state index contributed by atoms with van der Waals surface area (Å²) in [5, 5.41) is 3.70. The number of nitrogens with one attached hydrogen (secondary N) is 2. The summed E-state index contributed by atoms with van der Waals surface area (Å²) in [6.07, 6.45) is 3.64. The number of hydrogen-bond donors (Lipinski definition) is 2. The maximum atomic E-state index is 11.6. The summed E-state index contributed by atoms with van der Waals surface area (Å²) >= 11 is 1.48. The largest absolute Gasteiger partial charge is 0.354 e. The van der Waals surface area contributed by atoms with Gasteiger partial charge in [-0.15, -0.1) is 11.3 Å². The second kappa shape index (κ2) is 4.27. The number of nitrogens with zero attached hydrogens (tertiary/aromatic N) is 1. The van der Waals surface area contributed by atoms with Gasteiger partial charge in [-0.25, -0.2) is 4.98 Å². The number of H-pyrrole nitrogens is 1. The summed E-state index contributed by atoms with van der Waals surface area (Å²) in [6.45, 7) is 0. The first kappa shape index (κ1) is 11.0. The van der Waals surface area contributed by atoms with Gasteiger partial charge in [0.1, 0.15) is 5.65 Å². The first-order valence-electron chi connectivity index (χ1n) is 5.54. The molecule has 0 aliphatic heterocycles. The van der Waals surface area contributed by atoms with Crippen LogP contribution in [0.4, 0.5) is 0 Å². The van der Waals surface area contributed by atoms with Gasteiger partial charge in [-0.2, -0.15) is 0 Å². The van der Waals surface area contributed by atoms with Gasteiger partial charge in [0.25, 0.3) is 5.91 Å². The Morgan fingerprint density at radius 2 is 2.22 bits per heavy atom. The fourth-order valence-electron chi connectivity index (χ4n) is 1.90. The maximum Gasteiger partial charge on any atom is 0.261 e. The monoisotopic (exact) mass is 257 g/mol. The molecule has 5 heteroatoms. The predicted molar refractivity (Wildman–Crippen MR) is 72.8 cm³/mol. The standard InChI is InChI=1S/C13H11N3OS/c1-14-13(17)11-3-2-10(18-11)8-4-6-15-12-9(8)5-7-16-12/h2-7H,1H3,(H,14,17)(H,15,16). The lowest BCUT2D eigenvalue weighted by molar-refractivity contribution is 0.0967. The van der Waals surface area contributed by atoms with Gasteiger partial charge in [0.2, 0.25) is 0 Å².